The molecule has 0 atom stereocenters. The summed E-state index contributed by atoms with van der Waals surface area (Å²) in [6.07, 6.45) is -0.145. The number of aliphatic carboxylic acids is 1. The van der Waals surface area contributed by atoms with Gasteiger partial charge < -0.3 is 10.2 Å². The molecule has 0 spiro atoms. The number of aromatic amines is 1. The summed E-state index contributed by atoms with van der Waals surface area (Å²) in [6, 6.07) is 1.27. The van der Waals surface area contributed by atoms with E-state index in [1.165, 1.54) is 6.07 Å². The van der Waals surface area contributed by atoms with Crippen molar-refractivity contribution in [3.63, 3.8) is 0 Å². The lowest BCUT2D eigenvalue weighted by atomic mass is 10.3. The standard InChI is InChI=1S/C5H6N2O3/c8-4-1-3(6-7-4)2-5(9)10/h1H,2H2,(H,9,10)(H2,6,7,8). The van der Waals surface area contributed by atoms with Gasteiger partial charge in [0.2, 0.25) is 5.88 Å². The van der Waals surface area contributed by atoms with Crippen LogP contribution in [-0.2, 0) is 11.2 Å². The van der Waals surface area contributed by atoms with E-state index in [1.807, 2.05) is 0 Å². The van der Waals surface area contributed by atoms with Gasteiger partial charge in [0.15, 0.2) is 0 Å². The molecule has 0 aliphatic carbocycles. The molecule has 1 aromatic rings. The van der Waals surface area contributed by atoms with E-state index in [4.69, 9.17) is 10.2 Å². The summed E-state index contributed by atoms with van der Waals surface area (Å²) < 4.78 is 0. The second-order valence-corrected chi connectivity index (χ2v) is 1.82. The van der Waals surface area contributed by atoms with E-state index < -0.39 is 5.97 Å². The second kappa shape index (κ2) is 2.38. The highest BCUT2D eigenvalue weighted by molar-refractivity contribution is 5.69. The molecule has 0 amide bonds. The fourth-order valence-corrected chi connectivity index (χ4v) is 0.603. The highest BCUT2D eigenvalue weighted by atomic mass is 16.4. The minimum absolute atomic E-state index is 0.145. The number of aromatic hydroxyl groups is 1. The first-order valence-electron chi connectivity index (χ1n) is 2.63. The summed E-state index contributed by atoms with van der Waals surface area (Å²) in [7, 11) is 0. The van der Waals surface area contributed by atoms with E-state index in [1.54, 1.807) is 0 Å². The third kappa shape index (κ3) is 1.48. The maximum atomic E-state index is 10.0. The van der Waals surface area contributed by atoms with Gasteiger partial charge in [-0.2, -0.15) is 0 Å². The lowest BCUT2D eigenvalue weighted by Crippen LogP contribution is -1.99. The smallest absolute Gasteiger partial charge is 0.309 e. The van der Waals surface area contributed by atoms with Crippen molar-refractivity contribution in [3.05, 3.63) is 11.8 Å². The highest BCUT2D eigenvalue weighted by Crippen LogP contribution is 2.04. The van der Waals surface area contributed by atoms with E-state index >= 15 is 0 Å². The summed E-state index contributed by atoms with van der Waals surface area (Å²) in [4.78, 5) is 10.0. The summed E-state index contributed by atoms with van der Waals surface area (Å²) in [6.45, 7) is 0. The van der Waals surface area contributed by atoms with Crippen molar-refractivity contribution in [1.29, 1.82) is 0 Å². The Labute approximate surface area is 56.3 Å². The molecule has 10 heavy (non-hydrogen) atoms. The van der Waals surface area contributed by atoms with Gasteiger partial charge in [0, 0.05) is 6.07 Å². The van der Waals surface area contributed by atoms with Crippen LogP contribution in [0.1, 0.15) is 5.69 Å². The van der Waals surface area contributed by atoms with Gasteiger partial charge in [-0.05, 0) is 0 Å². The Morgan fingerprint density at radius 1 is 1.80 bits per heavy atom. The molecule has 1 heterocycles. The number of H-pyrrole nitrogens is 1. The van der Waals surface area contributed by atoms with Gasteiger partial charge in [-0.1, -0.05) is 0 Å². The molecule has 0 saturated carbocycles. The van der Waals surface area contributed by atoms with E-state index in [0.717, 1.165) is 0 Å². The molecule has 0 fully saturated rings. The summed E-state index contributed by atoms with van der Waals surface area (Å²) in [5, 5.41) is 22.6. The van der Waals surface area contributed by atoms with Crippen LogP contribution < -0.4 is 0 Å². The van der Waals surface area contributed by atoms with Crippen LogP contribution in [0.5, 0.6) is 5.88 Å². The van der Waals surface area contributed by atoms with Gasteiger partial charge in [0.25, 0.3) is 0 Å². The maximum Gasteiger partial charge on any atom is 0.309 e. The van der Waals surface area contributed by atoms with Crippen molar-refractivity contribution in [3.8, 4) is 5.88 Å². The van der Waals surface area contributed by atoms with Crippen LogP contribution in [0, 0.1) is 0 Å². The predicted molar refractivity (Wildman–Crippen MR) is 31.6 cm³/mol. The largest absolute Gasteiger partial charge is 0.492 e. The molecule has 1 rings (SSSR count). The van der Waals surface area contributed by atoms with E-state index in [2.05, 4.69) is 10.2 Å². The third-order valence-corrected chi connectivity index (χ3v) is 0.959. The molecule has 0 unspecified atom stereocenters. The van der Waals surface area contributed by atoms with Crippen molar-refractivity contribution in [2.24, 2.45) is 0 Å². The Hall–Kier alpha value is -1.52. The molecule has 0 saturated heterocycles. The number of hydrogen-bond acceptors (Lipinski definition) is 3. The molecule has 5 heteroatoms. The molecule has 3 N–H and O–H groups in total. The number of carboxylic acid groups (broad SMARTS) is 1. The number of nitrogens with one attached hydrogen (secondary N) is 1. The van der Waals surface area contributed by atoms with Crippen molar-refractivity contribution in [1.82, 2.24) is 10.2 Å². The zero-order chi connectivity index (χ0) is 7.56. The van der Waals surface area contributed by atoms with Crippen LogP contribution in [0.25, 0.3) is 0 Å². The Morgan fingerprint density at radius 2 is 2.50 bits per heavy atom. The quantitative estimate of drug-likeness (QED) is 0.531. The normalized spacial score (nSPS) is 9.60. The van der Waals surface area contributed by atoms with Gasteiger partial charge in [-0.3, -0.25) is 9.89 Å². The minimum atomic E-state index is -0.955. The average Bonchev–Trinajstić information content (AvgIpc) is 2.13. The monoisotopic (exact) mass is 142 g/mol. The molecule has 0 aliphatic heterocycles. The van der Waals surface area contributed by atoms with Crippen LogP contribution in [-0.4, -0.2) is 26.4 Å². The van der Waals surface area contributed by atoms with E-state index in [-0.39, 0.29) is 12.3 Å². The fourth-order valence-electron chi connectivity index (χ4n) is 0.603. The Morgan fingerprint density at radius 3 is 2.90 bits per heavy atom. The number of carboxylic acids is 1. The van der Waals surface area contributed by atoms with Crippen molar-refractivity contribution < 1.29 is 15.0 Å². The minimum Gasteiger partial charge on any atom is -0.492 e. The van der Waals surface area contributed by atoms with Crippen molar-refractivity contribution in [2.45, 2.75) is 6.42 Å². The SMILES string of the molecule is O=C(O)Cc1cc(O)n[nH]1. The Bertz CT molecular complexity index is 243. The number of rotatable bonds is 2. The number of hydrogen-bond donors (Lipinski definition) is 3. The zero-order valence-electron chi connectivity index (χ0n) is 5.03. The van der Waals surface area contributed by atoms with Crippen LogP contribution >= 0.6 is 0 Å². The highest BCUT2D eigenvalue weighted by Gasteiger charge is 2.02. The second-order valence-electron chi connectivity index (χ2n) is 1.82. The predicted octanol–water partition coefficient (Wildman–Crippen LogP) is -0.258. The Kier molecular flexibility index (Phi) is 1.57. The number of aromatic nitrogens is 2. The molecular formula is C5H6N2O3. The van der Waals surface area contributed by atoms with Gasteiger partial charge in [-0.15, -0.1) is 5.10 Å². The zero-order valence-corrected chi connectivity index (χ0v) is 5.03. The molecule has 0 aliphatic rings. The first-order valence-corrected chi connectivity index (χ1v) is 2.63. The molecule has 54 valence electrons. The van der Waals surface area contributed by atoms with E-state index in [0.29, 0.717) is 5.69 Å². The fraction of sp³-hybridized carbons (Fsp3) is 0.200. The molecule has 5 nitrogen and oxygen atoms in total. The average molecular weight is 142 g/mol. The van der Waals surface area contributed by atoms with Crippen LogP contribution in [0.4, 0.5) is 0 Å². The van der Waals surface area contributed by atoms with Crippen LogP contribution in [0.2, 0.25) is 0 Å². The summed E-state index contributed by atoms with van der Waals surface area (Å²) in [5.74, 6) is -1.14. The molecule has 1 aromatic heterocycles. The van der Waals surface area contributed by atoms with Crippen LogP contribution in [0.3, 0.4) is 0 Å². The number of carbonyl (C=O) groups is 1. The van der Waals surface area contributed by atoms with Crippen molar-refractivity contribution >= 4 is 5.97 Å². The first kappa shape index (κ1) is 6.60. The van der Waals surface area contributed by atoms with E-state index in [9.17, 15) is 4.79 Å². The number of nitrogens with zero attached hydrogens (tertiary/aromatic N) is 1. The van der Waals surface area contributed by atoms with Gasteiger partial charge in [0.1, 0.15) is 0 Å². The van der Waals surface area contributed by atoms with Crippen molar-refractivity contribution in [2.75, 3.05) is 0 Å². The van der Waals surface area contributed by atoms with Gasteiger partial charge in [-0.25, -0.2) is 0 Å². The first-order chi connectivity index (χ1) is 4.68. The molecular weight excluding hydrogens is 136 g/mol. The maximum absolute atomic E-state index is 10.0. The van der Waals surface area contributed by atoms with Gasteiger partial charge in [0.05, 0.1) is 12.1 Å². The molecule has 0 radical (unpaired) electrons. The topological polar surface area (TPSA) is 86.2 Å². The Balaban J connectivity index is 2.67. The molecule has 0 bridgehead atoms. The lowest BCUT2D eigenvalue weighted by Gasteiger charge is -1.85. The molecule has 0 aromatic carbocycles. The third-order valence-electron chi connectivity index (χ3n) is 0.959. The lowest BCUT2D eigenvalue weighted by molar-refractivity contribution is -0.136. The van der Waals surface area contributed by atoms with Gasteiger partial charge >= 0.3 is 5.97 Å². The summed E-state index contributed by atoms with van der Waals surface area (Å²) >= 11 is 0. The van der Waals surface area contributed by atoms with Crippen LogP contribution in [0.15, 0.2) is 6.07 Å². The summed E-state index contributed by atoms with van der Waals surface area (Å²) in [5.41, 5.74) is 0.394.